The molecule has 0 bridgehead atoms. The highest BCUT2D eigenvalue weighted by molar-refractivity contribution is 7.00. The van der Waals surface area contributed by atoms with Crippen molar-refractivity contribution in [1.29, 1.82) is 0 Å². The van der Waals surface area contributed by atoms with Crippen LogP contribution in [0.25, 0.3) is 11.0 Å². The minimum Gasteiger partial charge on any atom is -0.173 e. The Kier molecular flexibility index (Phi) is 3.83. The van der Waals surface area contributed by atoms with Crippen molar-refractivity contribution in [2.24, 2.45) is 5.92 Å². The summed E-state index contributed by atoms with van der Waals surface area (Å²) in [5, 5.41) is 0. The molecule has 70 valence electrons. The molecule has 0 saturated heterocycles. The Balaban J connectivity index is 0.000000184. The largest absolute Gasteiger partial charge is 0.173 e. The zero-order chi connectivity index (χ0) is 9.68. The van der Waals surface area contributed by atoms with E-state index in [1.54, 1.807) is 0 Å². The van der Waals surface area contributed by atoms with E-state index < -0.39 is 0 Å². The second-order valence-electron chi connectivity index (χ2n) is 3.48. The maximum Gasteiger partial charge on any atom is 0.104 e. The van der Waals surface area contributed by atoms with Gasteiger partial charge in [-0.15, -0.1) is 0 Å². The fourth-order valence-electron chi connectivity index (χ4n) is 0.727. The van der Waals surface area contributed by atoms with Crippen molar-refractivity contribution in [3.05, 3.63) is 24.3 Å². The molecule has 1 heterocycles. The van der Waals surface area contributed by atoms with Gasteiger partial charge in [0.25, 0.3) is 0 Å². The summed E-state index contributed by atoms with van der Waals surface area (Å²) < 4.78 is 8.10. The van der Waals surface area contributed by atoms with Crippen LogP contribution in [-0.4, -0.2) is 8.75 Å². The molecule has 2 rings (SSSR count). The Bertz CT molecular complexity index is 321. The molecule has 0 saturated carbocycles. The van der Waals surface area contributed by atoms with Crippen molar-refractivity contribution in [2.45, 2.75) is 20.8 Å². The fourth-order valence-corrected chi connectivity index (χ4v) is 1.25. The van der Waals surface area contributed by atoms with Crippen LogP contribution < -0.4 is 0 Å². The fraction of sp³-hybridized carbons (Fsp3) is 0.400. The van der Waals surface area contributed by atoms with Crippen LogP contribution in [0.2, 0.25) is 0 Å². The zero-order valence-corrected chi connectivity index (χ0v) is 9.01. The first-order valence-electron chi connectivity index (χ1n) is 4.37. The average Bonchev–Trinajstić information content (AvgIpc) is 2.49. The van der Waals surface area contributed by atoms with E-state index in [1.807, 2.05) is 24.3 Å². The molecule has 13 heavy (non-hydrogen) atoms. The lowest BCUT2D eigenvalue weighted by Gasteiger charge is -1.79. The van der Waals surface area contributed by atoms with Crippen LogP contribution in [0.3, 0.4) is 0 Å². The van der Waals surface area contributed by atoms with Crippen molar-refractivity contribution in [1.82, 2.24) is 8.75 Å². The summed E-state index contributed by atoms with van der Waals surface area (Å²) in [7, 11) is 0. The number of rotatable bonds is 0. The highest BCUT2D eigenvalue weighted by Crippen LogP contribution is 2.08. The molecule has 0 unspecified atom stereocenters. The third-order valence-electron chi connectivity index (χ3n) is 1.16. The number of nitrogens with zero attached hydrogens (tertiary/aromatic N) is 2. The molecule has 1 aromatic carbocycles. The summed E-state index contributed by atoms with van der Waals surface area (Å²) in [6.45, 7) is 6.50. The van der Waals surface area contributed by atoms with Crippen LogP contribution >= 0.6 is 11.7 Å². The Morgan fingerprint density at radius 1 is 1.00 bits per heavy atom. The van der Waals surface area contributed by atoms with Gasteiger partial charge in [-0.3, -0.25) is 0 Å². The monoisotopic (exact) mass is 194 g/mol. The number of fused-ring (bicyclic) bond motifs is 1. The van der Waals surface area contributed by atoms with E-state index in [-0.39, 0.29) is 0 Å². The standard InChI is InChI=1S/C6H4N2S.C4H10/c1-2-4-6-5(3-1)7-9-8-6;1-4(2)3/h1-4H;4H,1-3H3. The number of aromatic nitrogens is 2. The van der Waals surface area contributed by atoms with E-state index in [2.05, 4.69) is 29.5 Å². The van der Waals surface area contributed by atoms with Crippen molar-refractivity contribution in [3.8, 4) is 0 Å². The van der Waals surface area contributed by atoms with Gasteiger partial charge in [0.2, 0.25) is 0 Å². The molecular formula is C10H14N2S. The lowest BCUT2D eigenvalue weighted by molar-refractivity contribution is 0.737. The first-order chi connectivity index (χ1) is 6.20. The maximum absolute atomic E-state index is 4.05. The zero-order valence-electron chi connectivity index (χ0n) is 8.19. The average molecular weight is 194 g/mol. The summed E-state index contributed by atoms with van der Waals surface area (Å²) in [6, 6.07) is 7.84. The Morgan fingerprint density at radius 2 is 1.38 bits per heavy atom. The van der Waals surface area contributed by atoms with Crippen LogP contribution in [-0.2, 0) is 0 Å². The Labute approximate surface area is 82.9 Å². The highest BCUT2D eigenvalue weighted by atomic mass is 32.1. The van der Waals surface area contributed by atoms with Crippen molar-refractivity contribution in [3.63, 3.8) is 0 Å². The van der Waals surface area contributed by atoms with E-state index in [0.717, 1.165) is 17.0 Å². The number of hydrogen-bond donors (Lipinski definition) is 0. The first-order valence-corrected chi connectivity index (χ1v) is 5.10. The van der Waals surface area contributed by atoms with Gasteiger partial charge in [0.05, 0.1) is 11.7 Å². The molecule has 0 aliphatic carbocycles. The van der Waals surface area contributed by atoms with Gasteiger partial charge in [0.1, 0.15) is 11.0 Å². The lowest BCUT2D eigenvalue weighted by Crippen LogP contribution is -1.66. The predicted molar refractivity (Wildman–Crippen MR) is 57.9 cm³/mol. The van der Waals surface area contributed by atoms with Crippen LogP contribution in [0, 0.1) is 5.92 Å². The molecule has 0 N–H and O–H groups in total. The van der Waals surface area contributed by atoms with Gasteiger partial charge in [-0.05, 0) is 18.1 Å². The van der Waals surface area contributed by atoms with Gasteiger partial charge in [0, 0.05) is 0 Å². The van der Waals surface area contributed by atoms with E-state index in [4.69, 9.17) is 0 Å². The van der Waals surface area contributed by atoms with Crippen molar-refractivity contribution in [2.75, 3.05) is 0 Å². The molecule has 0 aliphatic heterocycles. The minimum atomic E-state index is 0.833. The predicted octanol–water partition coefficient (Wildman–Crippen LogP) is 3.35. The molecule has 2 nitrogen and oxygen atoms in total. The summed E-state index contributed by atoms with van der Waals surface area (Å²) in [5.41, 5.74) is 1.98. The van der Waals surface area contributed by atoms with Gasteiger partial charge in [0.15, 0.2) is 0 Å². The molecule has 3 heteroatoms. The topological polar surface area (TPSA) is 25.8 Å². The Hall–Kier alpha value is -0.960. The summed E-state index contributed by atoms with van der Waals surface area (Å²) in [5.74, 6) is 0.833. The van der Waals surface area contributed by atoms with Crippen LogP contribution in [0.5, 0.6) is 0 Å². The van der Waals surface area contributed by atoms with Crippen LogP contribution in [0.15, 0.2) is 24.3 Å². The molecule has 2 aromatic rings. The first kappa shape index (κ1) is 10.1. The third kappa shape index (κ3) is 3.51. The number of hydrogen-bond acceptors (Lipinski definition) is 3. The van der Waals surface area contributed by atoms with Crippen molar-refractivity contribution >= 4 is 22.8 Å². The molecular weight excluding hydrogens is 180 g/mol. The van der Waals surface area contributed by atoms with E-state index in [0.29, 0.717) is 0 Å². The van der Waals surface area contributed by atoms with E-state index >= 15 is 0 Å². The number of benzene rings is 1. The SMILES string of the molecule is CC(C)C.c1ccc2nsnc2c1. The Morgan fingerprint density at radius 3 is 1.77 bits per heavy atom. The molecule has 0 fully saturated rings. The summed E-state index contributed by atoms with van der Waals surface area (Å²) >= 11 is 1.25. The normalized spacial score (nSPS) is 9.85. The van der Waals surface area contributed by atoms with E-state index in [1.165, 1.54) is 11.7 Å². The van der Waals surface area contributed by atoms with Gasteiger partial charge in [-0.1, -0.05) is 32.9 Å². The quantitative estimate of drug-likeness (QED) is 0.642. The summed E-state index contributed by atoms with van der Waals surface area (Å²) in [6.07, 6.45) is 0. The molecule has 0 radical (unpaired) electrons. The van der Waals surface area contributed by atoms with Crippen LogP contribution in [0.4, 0.5) is 0 Å². The maximum atomic E-state index is 4.05. The van der Waals surface area contributed by atoms with Gasteiger partial charge < -0.3 is 0 Å². The summed E-state index contributed by atoms with van der Waals surface area (Å²) in [4.78, 5) is 0. The minimum absolute atomic E-state index is 0.833. The van der Waals surface area contributed by atoms with E-state index in [9.17, 15) is 0 Å². The molecule has 0 aliphatic rings. The second-order valence-corrected chi connectivity index (χ2v) is 4.01. The van der Waals surface area contributed by atoms with Crippen molar-refractivity contribution < 1.29 is 0 Å². The smallest absolute Gasteiger partial charge is 0.104 e. The van der Waals surface area contributed by atoms with Gasteiger partial charge in [-0.2, -0.15) is 8.75 Å². The van der Waals surface area contributed by atoms with Gasteiger partial charge >= 0.3 is 0 Å². The molecule has 0 atom stereocenters. The molecule has 1 aromatic heterocycles. The van der Waals surface area contributed by atoms with Gasteiger partial charge in [-0.25, -0.2) is 0 Å². The van der Waals surface area contributed by atoms with Crippen LogP contribution in [0.1, 0.15) is 20.8 Å². The molecule has 0 amide bonds. The molecule has 0 spiro atoms. The third-order valence-corrected chi connectivity index (χ3v) is 1.72. The second kappa shape index (κ2) is 4.92. The lowest BCUT2D eigenvalue weighted by atomic mass is 10.3. The highest BCUT2D eigenvalue weighted by Gasteiger charge is 1.91.